The fourth-order valence-corrected chi connectivity index (χ4v) is 1.66. The lowest BCUT2D eigenvalue weighted by molar-refractivity contribution is 0.301. The number of rotatable bonds is 4. The zero-order valence-corrected chi connectivity index (χ0v) is 10.1. The first kappa shape index (κ1) is 12.9. The Balaban J connectivity index is 2.23. The molecule has 2 aromatic rings. The Kier molecular flexibility index (Phi) is 3.97. The molecular formula is C14H13FN2O2. The van der Waals surface area contributed by atoms with Crippen LogP contribution >= 0.6 is 0 Å². The monoisotopic (exact) mass is 260 g/mol. The van der Waals surface area contributed by atoms with Crippen molar-refractivity contribution < 1.29 is 14.3 Å². The summed E-state index contributed by atoms with van der Waals surface area (Å²) in [6.45, 7) is 0.274. The van der Waals surface area contributed by atoms with Crippen molar-refractivity contribution in [2.75, 3.05) is 0 Å². The van der Waals surface area contributed by atoms with Gasteiger partial charge in [-0.2, -0.15) is 0 Å². The van der Waals surface area contributed by atoms with E-state index in [9.17, 15) is 4.39 Å². The fraction of sp³-hybridized carbons (Fsp3) is 0.0714. The third kappa shape index (κ3) is 3.01. The van der Waals surface area contributed by atoms with Crippen LogP contribution in [-0.2, 0) is 6.61 Å². The topological polar surface area (TPSA) is 67.8 Å². The Morgan fingerprint density at radius 1 is 1.16 bits per heavy atom. The maximum absolute atomic E-state index is 13.7. The molecule has 0 aromatic heterocycles. The summed E-state index contributed by atoms with van der Waals surface area (Å²) in [5.41, 5.74) is 6.35. The maximum atomic E-state index is 13.7. The fourth-order valence-electron chi connectivity index (χ4n) is 1.66. The molecule has 0 fully saturated rings. The molecule has 2 aromatic carbocycles. The smallest absolute Gasteiger partial charge is 0.176 e. The highest BCUT2D eigenvalue weighted by molar-refractivity contribution is 5.99. The van der Waals surface area contributed by atoms with E-state index in [0.29, 0.717) is 0 Å². The molecule has 0 bridgehead atoms. The lowest BCUT2D eigenvalue weighted by Gasteiger charge is -2.11. The van der Waals surface area contributed by atoms with Crippen LogP contribution in [0.2, 0.25) is 0 Å². The first-order chi connectivity index (χ1) is 9.22. The van der Waals surface area contributed by atoms with E-state index in [2.05, 4.69) is 5.16 Å². The van der Waals surface area contributed by atoms with E-state index in [1.165, 1.54) is 12.1 Å². The lowest BCUT2D eigenvalue weighted by Crippen LogP contribution is -2.16. The largest absolute Gasteiger partial charge is 0.488 e. The van der Waals surface area contributed by atoms with Gasteiger partial charge in [0.25, 0.3) is 0 Å². The average Bonchev–Trinajstić information content (AvgIpc) is 2.45. The van der Waals surface area contributed by atoms with Gasteiger partial charge in [0.15, 0.2) is 5.84 Å². The molecule has 2 rings (SSSR count). The standard InChI is InChI=1S/C14H13FN2O2/c15-11-7-4-8-12(13(11)14(16)17-18)19-9-10-5-2-1-3-6-10/h1-8,18H,9H2,(H2,16,17). The molecule has 0 atom stereocenters. The summed E-state index contributed by atoms with van der Waals surface area (Å²) >= 11 is 0. The van der Waals surface area contributed by atoms with E-state index in [1.807, 2.05) is 30.3 Å². The molecule has 5 heteroatoms. The predicted molar refractivity (Wildman–Crippen MR) is 69.7 cm³/mol. The van der Waals surface area contributed by atoms with Crippen molar-refractivity contribution in [3.05, 3.63) is 65.5 Å². The Morgan fingerprint density at radius 3 is 2.58 bits per heavy atom. The number of hydrogen-bond donors (Lipinski definition) is 2. The lowest BCUT2D eigenvalue weighted by atomic mass is 10.1. The summed E-state index contributed by atoms with van der Waals surface area (Å²) in [6.07, 6.45) is 0. The van der Waals surface area contributed by atoms with E-state index in [4.69, 9.17) is 15.7 Å². The zero-order valence-electron chi connectivity index (χ0n) is 10.1. The van der Waals surface area contributed by atoms with Gasteiger partial charge in [0.1, 0.15) is 18.2 Å². The summed E-state index contributed by atoms with van der Waals surface area (Å²) in [5, 5.41) is 11.5. The van der Waals surface area contributed by atoms with Crippen molar-refractivity contribution in [1.82, 2.24) is 0 Å². The molecule has 0 amide bonds. The van der Waals surface area contributed by atoms with Crippen molar-refractivity contribution in [3.63, 3.8) is 0 Å². The number of benzene rings is 2. The number of nitrogens with two attached hydrogens (primary N) is 1. The highest BCUT2D eigenvalue weighted by Gasteiger charge is 2.14. The number of hydrogen-bond acceptors (Lipinski definition) is 3. The summed E-state index contributed by atoms with van der Waals surface area (Å²) in [4.78, 5) is 0. The Bertz CT molecular complexity index is 585. The van der Waals surface area contributed by atoms with Crippen molar-refractivity contribution >= 4 is 5.84 Å². The molecule has 98 valence electrons. The van der Waals surface area contributed by atoms with Crippen LogP contribution < -0.4 is 10.5 Å². The second-order valence-electron chi connectivity index (χ2n) is 3.87. The second kappa shape index (κ2) is 5.86. The van der Waals surface area contributed by atoms with Crippen LogP contribution in [0.5, 0.6) is 5.75 Å². The molecule has 0 aliphatic rings. The number of halogens is 1. The normalized spacial score (nSPS) is 11.3. The van der Waals surface area contributed by atoms with Crippen LogP contribution in [0.3, 0.4) is 0 Å². The predicted octanol–water partition coefficient (Wildman–Crippen LogP) is 2.50. The summed E-state index contributed by atoms with van der Waals surface area (Å²) in [7, 11) is 0. The van der Waals surface area contributed by atoms with Crippen LogP contribution in [0.1, 0.15) is 11.1 Å². The molecule has 4 nitrogen and oxygen atoms in total. The molecule has 0 heterocycles. The van der Waals surface area contributed by atoms with Gasteiger partial charge < -0.3 is 15.7 Å². The van der Waals surface area contributed by atoms with E-state index < -0.39 is 5.82 Å². The SMILES string of the molecule is NC(=NO)c1c(F)cccc1OCc1ccccc1. The second-order valence-corrected chi connectivity index (χ2v) is 3.87. The molecule has 0 radical (unpaired) electrons. The van der Waals surface area contributed by atoms with Crippen LogP contribution in [0.4, 0.5) is 4.39 Å². The van der Waals surface area contributed by atoms with Gasteiger partial charge in [0.05, 0.1) is 5.56 Å². The van der Waals surface area contributed by atoms with E-state index in [1.54, 1.807) is 6.07 Å². The first-order valence-corrected chi connectivity index (χ1v) is 5.65. The minimum atomic E-state index is -0.596. The Hall–Kier alpha value is -2.56. The third-order valence-electron chi connectivity index (χ3n) is 2.58. The zero-order chi connectivity index (χ0) is 13.7. The van der Waals surface area contributed by atoms with Crippen molar-refractivity contribution in [1.29, 1.82) is 0 Å². The summed E-state index contributed by atoms with van der Waals surface area (Å²) < 4.78 is 19.2. The van der Waals surface area contributed by atoms with Gasteiger partial charge >= 0.3 is 0 Å². The Labute approximate surface area is 109 Å². The van der Waals surface area contributed by atoms with Crippen LogP contribution in [0.25, 0.3) is 0 Å². The minimum Gasteiger partial charge on any atom is -0.488 e. The average molecular weight is 260 g/mol. The summed E-state index contributed by atoms with van der Waals surface area (Å²) in [6, 6.07) is 13.7. The highest BCUT2D eigenvalue weighted by Crippen LogP contribution is 2.22. The highest BCUT2D eigenvalue weighted by atomic mass is 19.1. The molecule has 19 heavy (non-hydrogen) atoms. The molecule has 0 saturated heterocycles. The number of amidine groups is 1. The molecule has 0 aliphatic carbocycles. The van der Waals surface area contributed by atoms with Crippen molar-refractivity contribution in [2.24, 2.45) is 10.9 Å². The van der Waals surface area contributed by atoms with Gasteiger partial charge in [-0.1, -0.05) is 41.6 Å². The van der Waals surface area contributed by atoms with Gasteiger partial charge in [0.2, 0.25) is 0 Å². The molecule has 0 aliphatic heterocycles. The quantitative estimate of drug-likeness (QED) is 0.384. The van der Waals surface area contributed by atoms with E-state index >= 15 is 0 Å². The first-order valence-electron chi connectivity index (χ1n) is 5.65. The van der Waals surface area contributed by atoms with Crippen LogP contribution in [0, 0.1) is 5.82 Å². The molecule has 0 unspecified atom stereocenters. The van der Waals surface area contributed by atoms with Crippen LogP contribution in [0.15, 0.2) is 53.7 Å². The van der Waals surface area contributed by atoms with Gasteiger partial charge in [-0.3, -0.25) is 0 Å². The molecule has 0 spiro atoms. The minimum absolute atomic E-state index is 0.0408. The third-order valence-corrected chi connectivity index (χ3v) is 2.58. The van der Waals surface area contributed by atoms with E-state index in [0.717, 1.165) is 5.56 Å². The Morgan fingerprint density at radius 2 is 1.89 bits per heavy atom. The molecule has 0 saturated carbocycles. The molecule has 3 N–H and O–H groups in total. The van der Waals surface area contributed by atoms with Crippen molar-refractivity contribution in [2.45, 2.75) is 6.61 Å². The van der Waals surface area contributed by atoms with Crippen LogP contribution in [-0.4, -0.2) is 11.0 Å². The van der Waals surface area contributed by atoms with E-state index in [-0.39, 0.29) is 23.8 Å². The maximum Gasteiger partial charge on any atom is 0.176 e. The number of ether oxygens (including phenoxy) is 1. The van der Waals surface area contributed by atoms with Gasteiger partial charge in [-0.05, 0) is 17.7 Å². The molecular weight excluding hydrogens is 247 g/mol. The van der Waals surface area contributed by atoms with Gasteiger partial charge in [-0.15, -0.1) is 0 Å². The van der Waals surface area contributed by atoms with Gasteiger partial charge in [-0.25, -0.2) is 4.39 Å². The van der Waals surface area contributed by atoms with Gasteiger partial charge in [0, 0.05) is 0 Å². The number of nitrogens with zero attached hydrogens (tertiary/aromatic N) is 1. The number of oxime groups is 1. The summed E-state index contributed by atoms with van der Waals surface area (Å²) in [5.74, 6) is -0.679. The van der Waals surface area contributed by atoms with Crippen molar-refractivity contribution in [3.8, 4) is 5.75 Å².